The van der Waals surface area contributed by atoms with Crippen molar-refractivity contribution >= 4 is 17.3 Å². The van der Waals surface area contributed by atoms with Crippen molar-refractivity contribution < 1.29 is 4.52 Å². The Morgan fingerprint density at radius 3 is 2.76 bits per heavy atom. The number of benzene rings is 2. The second-order valence-corrected chi connectivity index (χ2v) is 5.23. The number of nitrogens with two attached hydrogens (primary N) is 1. The van der Waals surface area contributed by atoms with Gasteiger partial charge in [-0.2, -0.15) is 4.98 Å². The number of anilines is 1. The summed E-state index contributed by atoms with van der Waals surface area (Å²) in [6, 6.07) is 13.3. The van der Waals surface area contributed by atoms with Crippen LogP contribution in [0.15, 0.2) is 47.0 Å². The Balaban J connectivity index is 1.90. The van der Waals surface area contributed by atoms with Gasteiger partial charge in [0.25, 0.3) is 5.89 Å². The zero-order valence-electron chi connectivity index (χ0n) is 11.5. The quantitative estimate of drug-likeness (QED) is 0.746. The zero-order chi connectivity index (χ0) is 14.8. The summed E-state index contributed by atoms with van der Waals surface area (Å²) in [5.41, 5.74) is 9.41. The Bertz CT molecular complexity index is 783. The van der Waals surface area contributed by atoms with E-state index in [1.54, 1.807) is 0 Å². The van der Waals surface area contributed by atoms with E-state index in [0.29, 0.717) is 28.8 Å². The van der Waals surface area contributed by atoms with E-state index in [9.17, 15) is 0 Å². The van der Waals surface area contributed by atoms with Crippen molar-refractivity contribution in [2.75, 3.05) is 5.73 Å². The van der Waals surface area contributed by atoms with E-state index in [-0.39, 0.29) is 0 Å². The van der Waals surface area contributed by atoms with E-state index in [1.807, 2.05) is 49.4 Å². The number of nitrogens with zero attached hydrogens (tertiary/aromatic N) is 2. The number of hydrogen-bond acceptors (Lipinski definition) is 4. The van der Waals surface area contributed by atoms with Crippen molar-refractivity contribution in [2.45, 2.75) is 13.3 Å². The van der Waals surface area contributed by atoms with Crippen molar-refractivity contribution in [3.05, 3.63) is 64.4 Å². The van der Waals surface area contributed by atoms with Crippen LogP contribution in [0, 0.1) is 6.92 Å². The molecular formula is C16H14ClN3O. The lowest BCUT2D eigenvalue weighted by Crippen LogP contribution is -1.94. The summed E-state index contributed by atoms with van der Waals surface area (Å²) in [5.74, 6) is 1.01. The van der Waals surface area contributed by atoms with Gasteiger partial charge in [0.05, 0.1) is 5.56 Å². The van der Waals surface area contributed by atoms with Gasteiger partial charge in [0.1, 0.15) is 0 Å². The molecule has 0 aliphatic heterocycles. The van der Waals surface area contributed by atoms with Gasteiger partial charge in [-0.15, -0.1) is 0 Å². The third-order valence-corrected chi connectivity index (χ3v) is 3.70. The van der Waals surface area contributed by atoms with Crippen LogP contribution in [-0.4, -0.2) is 10.1 Å². The zero-order valence-corrected chi connectivity index (χ0v) is 12.3. The normalized spacial score (nSPS) is 10.8. The van der Waals surface area contributed by atoms with Crippen LogP contribution < -0.4 is 5.73 Å². The highest BCUT2D eigenvalue weighted by atomic mass is 35.5. The number of aryl methyl sites for hydroxylation is 1. The predicted molar refractivity (Wildman–Crippen MR) is 83.1 cm³/mol. The molecule has 0 fully saturated rings. The highest BCUT2D eigenvalue weighted by molar-refractivity contribution is 6.31. The van der Waals surface area contributed by atoms with Crippen LogP contribution in [0.4, 0.5) is 5.69 Å². The Labute approximate surface area is 127 Å². The maximum atomic E-state index is 6.14. The van der Waals surface area contributed by atoms with Gasteiger partial charge in [-0.05, 0) is 30.2 Å². The second kappa shape index (κ2) is 5.58. The molecule has 0 aliphatic carbocycles. The Morgan fingerprint density at radius 2 is 1.95 bits per heavy atom. The lowest BCUT2D eigenvalue weighted by atomic mass is 10.1. The first kappa shape index (κ1) is 13.6. The fraction of sp³-hybridized carbons (Fsp3) is 0.125. The Kier molecular flexibility index (Phi) is 3.62. The molecule has 106 valence electrons. The standard InChI is InChI=1S/C16H14ClN3O/c1-10-5-4-7-12(15(10)18)16-19-14(20-21-16)9-11-6-2-3-8-13(11)17/h2-8H,9,18H2,1H3. The van der Waals surface area contributed by atoms with Crippen LogP contribution in [0.1, 0.15) is 17.0 Å². The number of aromatic nitrogens is 2. The van der Waals surface area contributed by atoms with Crippen molar-refractivity contribution in [1.82, 2.24) is 10.1 Å². The lowest BCUT2D eigenvalue weighted by Gasteiger charge is -2.03. The first-order valence-corrected chi connectivity index (χ1v) is 6.94. The van der Waals surface area contributed by atoms with Crippen LogP contribution in [0.3, 0.4) is 0 Å². The van der Waals surface area contributed by atoms with Gasteiger partial charge in [-0.3, -0.25) is 0 Å². The minimum Gasteiger partial charge on any atom is -0.398 e. The molecule has 4 nitrogen and oxygen atoms in total. The number of rotatable bonds is 3. The fourth-order valence-corrected chi connectivity index (χ4v) is 2.32. The topological polar surface area (TPSA) is 64.9 Å². The minimum absolute atomic E-state index is 0.429. The number of halogens is 1. The summed E-state index contributed by atoms with van der Waals surface area (Å²) in [7, 11) is 0. The van der Waals surface area contributed by atoms with E-state index in [2.05, 4.69) is 10.1 Å². The predicted octanol–water partition coefficient (Wildman–Crippen LogP) is 3.87. The van der Waals surface area contributed by atoms with E-state index in [0.717, 1.165) is 16.7 Å². The number of para-hydroxylation sites is 1. The molecule has 1 aromatic heterocycles. The summed E-state index contributed by atoms with van der Waals surface area (Å²) < 4.78 is 5.31. The molecule has 0 radical (unpaired) electrons. The van der Waals surface area contributed by atoms with Crippen LogP contribution >= 0.6 is 11.6 Å². The molecule has 21 heavy (non-hydrogen) atoms. The summed E-state index contributed by atoms with van der Waals surface area (Å²) in [6.07, 6.45) is 0.523. The van der Waals surface area contributed by atoms with E-state index in [1.165, 1.54) is 0 Å². The average molecular weight is 300 g/mol. The number of nitrogen functional groups attached to an aromatic ring is 1. The molecule has 3 aromatic rings. The maximum Gasteiger partial charge on any atom is 0.260 e. The monoisotopic (exact) mass is 299 g/mol. The van der Waals surface area contributed by atoms with Crippen LogP contribution in [0.25, 0.3) is 11.5 Å². The van der Waals surface area contributed by atoms with Gasteiger partial charge in [-0.25, -0.2) is 0 Å². The van der Waals surface area contributed by atoms with Gasteiger partial charge in [-0.1, -0.05) is 47.1 Å². The lowest BCUT2D eigenvalue weighted by molar-refractivity contribution is 0.424. The fourth-order valence-electron chi connectivity index (χ4n) is 2.11. The molecule has 0 atom stereocenters. The summed E-state index contributed by atoms with van der Waals surface area (Å²) in [6.45, 7) is 1.94. The third kappa shape index (κ3) is 2.76. The summed E-state index contributed by atoms with van der Waals surface area (Å²) >= 11 is 6.14. The molecule has 3 rings (SSSR count). The smallest absolute Gasteiger partial charge is 0.260 e. The maximum absolute atomic E-state index is 6.14. The SMILES string of the molecule is Cc1cccc(-c2nc(Cc3ccccc3Cl)no2)c1N. The summed E-state index contributed by atoms with van der Waals surface area (Å²) in [4.78, 5) is 4.40. The largest absolute Gasteiger partial charge is 0.398 e. The molecule has 0 spiro atoms. The molecule has 5 heteroatoms. The molecular weight excluding hydrogens is 286 g/mol. The van der Waals surface area contributed by atoms with E-state index >= 15 is 0 Å². The van der Waals surface area contributed by atoms with E-state index in [4.69, 9.17) is 21.9 Å². The Morgan fingerprint density at radius 1 is 1.14 bits per heavy atom. The van der Waals surface area contributed by atoms with Gasteiger partial charge in [0, 0.05) is 17.1 Å². The molecule has 0 unspecified atom stereocenters. The van der Waals surface area contributed by atoms with Crippen molar-refractivity contribution in [3.8, 4) is 11.5 Å². The van der Waals surface area contributed by atoms with Crippen molar-refractivity contribution in [3.63, 3.8) is 0 Å². The second-order valence-electron chi connectivity index (χ2n) is 4.82. The molecule has 2 N–H and O–H groups in total. The van der Waals surface area contributed by atoms with E-state index < -0.39 is 0 Å². The molecule has 2 aromatic carbocycles. The van der Waals surface area contributed by atoms with Crippen LogP contribution in [-0.2, 0) is 6.42 Å². The van der Waals surface area contributed by atoms with Gasteiger partial charge in [0.15, 0.2) is 5.82 Å². The molecule has 0 saturated carbocycles. The first-order valence-electron chi connectivity index (χ1n) is 6.56. The summed E-state index contributed by atoms with van der Waals surface area (Å²) in [5, 5.41) is 4.69. The average Bonchev–Trinajstić information content (AvgIpc) is 2.93. The van der Waals surface area contributed by atoms with Crippen molar-refractivity contribution in [2.24, 2.45) is 0 Å². The highest BCUT2D eigenvalue weighted by Gasteiger charge is 2.13. The molecule has 0 aliphatic rings. The Hall–Kier alpha value is -2.33. The highest BCUT2D eigenvalue weighted by Crippen LogP contribution is 2.27. The van der Waals surface area contributed by atoms with Gasteiger partial charge >= 0.3 is 0 Å². The van der Waals surface area contributed by atoms with Gasteiger partial charge < -0.3 is 10.3 Å². The van der Waals surface area contributed by atoms with Crippen molar-refractivity contribution in [1.29, 1.82) is 0 Å². The minimum atomic E-state index is 0.429. The van der Waals surface area contributed by atoms with Crippen LogP contribution in [0.5, 0.6) is 0 Å². The molecule has 0 bridgehead atoms. The third-order valence-electron chi connectivity index (χ3n) is 3.33. The van der Waals surface area contributed by atoms with Gasteiger partial charge in [0.2, 0.25) is 0 Å². The van der Waals surface area contributed by atoms with Crippen LogP contribution in [0.2, 0.25) is 5.02 Å². The molecule has 0 amide bonds. The number of hydrogen-bond donors (Lipinski definition) is 1. The molecule has 0 saturated heterocycles. The first-order chi connectivity index (χ1) is 10.1. The molecule has 1 heterocycles.